The van der Waals surface area contributed by atoms with Crippen LogP contribution in [0, 0.1) is 45.3 Å². The first kappa shape index (κ1) is 18.6. The predicted octanol–water partition coefficient (Wildman–Crippen LogP) is 3.96. The van der Waals surface area contributed by atoms with Crippen molar-refractivity contribution in [3.63, 3.8) is 0 Å². The molecule has 26 heavy (non-hydrogen) atoms. The van der Waals surface area contributed by atoms with Crippen molar-refractivity contribution in [1.29, 1.82) is 0 Å². The molecule has 4 heteroatoms. The normalized spacial score (nSPS) is 48.2. The monoisotopic (exact) mass is 361 g/mol. The number of hydrogen-bond donors (Lipinski definition) is 1. The molecule has 4 bridgehead atoms. The fourth-order valence-electron chi connectivity index (χ4n) is 7.50. The fourth-order valence-corrected chi connectivity index (χ4v) is 7.50. The van der Waals surface area contributed by atoms with Crippen molar-refractivity contribution < 1.29 is 14.8 Å². The average molecular weight is 362 g/mol. The van der Waals surface area contributed by atoms with Crippen molar-refractivity contribution >= 4 is 11.6 Å². The van der Waals surface area contributed by atoms with Crippen LogP contribution in [-0.2, 0) is 9.59 Å². The number of nitrogens with zero attached hydrogens (tertiary/aromatic N) is 1. The number of hydroxylamine groups is 2. The van der Waals surface area contributed by atoms with Gasteiger partial charge in [-0.3, -0.25) is 9.59 Å². The van der Waals surface area contributed by atoms with Gasteiger partial charge >= 0.3 is 0 Å². The maximum Gasteiger partial charge on any atom is 0.144 e. The summed E-state index contributed by atoms with van der Waals surface area (Å²) in [4.78, 5) is 26.0. The lowest BCUT2D eigenvalue weighted by Gasteiger charge is -2.32. The largest absolute Gasteiger partial charge is 0.314 e. The van der Waals surface area contributed by atoms with Crippen molar-refractivity contribution in [2.75, 3.05) is 13.1 Å². The highest BCUT2D eigenvalue weighted by Crippen LogP contribution is 2.67. The Hall–Kier alpha value is -0.740. The van der Waals surface area contributed by atoms with Crippen molar-refractivity contribution in [2.45, 2.75) is 67.2 Å². The minimum Gasteiger partial charge on any atom is -0.314 e. The molecule has 0 aliphatic heterocycles. The molecule has 4 aliphatic carbocycles. The Morgan fingerprint density at radius 2 is 1.15 bits per heavy atom. The summed E-state index contributed by atoms with van der Waals surface area (Å²) in [5, 5.41) is 12.0. The molecule has 1 N–H and O–H groups in total. The van der Waals surface area contributed by atoms with Crippen LogP contribution in [0.5, 0.6) is 0 Å². The Kier molecular flexibility index (Phi) is 3.72. The molecule has 4 aliphatic rings. The zero-order chi connectivity index (χ0) is 19.3. The Morgan fingerprint density at radius 1 is 0.808 bits per heavy atom. The molecule has 0 radical (unpaired) electrons. The second-order valence-corrected chi connectivity index (χ2v) is 11.2. The molecule has 4 fully saturated rings. The lowest BCUT2D eigenvalue weighted by atomic mass is 9.70. The molecule has 4 nitrogen and oxygen atoms in total. The molecule has 0 saturated heterocycles. The summed E-state index contributed by atoms with van der Waals surface area (Å²) in [6.07, 6.45) is 4.09. The van der Waals surface area contributed by atoms with Crippen LogP contribution in [0.3, 0.4) is 0 Å². The molecule has 0 spiro atoms. The molecule has 0 heterocycles. The van der Waals surface area contributed by atoms with Crippen LogP contribution in [0.15, 0.2) is 0 Å². The number of rotatable bonds is 4. The zero-order valence-corrected chi connectivity index (χ0v) is 17.3. The van der Waals surface area contributed by atoms with Crippen LogP contribution < -0.4 is 0 Å². The SMILES string of the molecule is CC1(C)[C@@H]2CC[C@]1(C)C(=O)[C@@H]2CN(O)C[C@H]1C(=O)[C@@]2(C)CC[C@@H]1C2(C)C. The van der Waals surface area contributed by atoms with E-state index in [4.69, 9.17) is 0 Å². The third-order valence-electron chi connectivity index (χ3n) is 10.2. The lowest BCUT2D eigenvalue weighted by molar-refractivity contribution is -0.148. The Balaban J connectivity index is 1.47. The van der Waals surface area contributed by atoms with Crippen LogP contribution in [0.4, 0.5) is 0 Å². The zero-order valence-electron chi connectivity index (χ0n) is 17.3. The average Bonchev–Trinajstić information content (AvgIpc) is 3.02. The van der Waals surface area contributed by atoms with Gasteiger partial charge in [0.05, 0.1) is 0 Å². The van der Waals surface area contributed by atoms with Crippen LogP contribution in [-0.4, -0.2) is 34.9 Å². The van der Waals surface area contributed by atoms with E-state index in [0.717, 1.165) is 25.7 Å². The number of ketones is 2. The smallest absolute Gasteiger partial charge is 0.144 e. The highest BCUT2D eigenvalue weighted by molar-refractivity contribution is 5.92. The molecule has 0 unspecified atom stereocenters. The van der Waals surface area contributed by atoms with Gasteiger partial charge in [0.15, 0.2) is 0 Å². The van der Waals surface area contributed by atoms with E-state index < -0.39 is 0 Å². The van der Waals surface area contributed by atoms with Crippen molar-refractivity contribution in [3.8, 4) is 0 Å². The van der Waals surface area contributed by atoms with Crippen molar-refractivity contribution in [3.05, 3.63) is 0 Å². The first-order valence-electron chi connectivity index (χ1n) is 10.4. The van der Waals surface area contributed by atoms with Gasteiger partial charge in [0, 0.05) is 35.8 Å². The maximum absolute atomic E-state index is 13.0. The second kappa shape index (κ2) is 5.20. The van der Waals surface area contributed by atoms with E-state index in [2.05, 4.69) is 41.5 Å². The van der Waals surface area contributed by atoms with Gasteiger partial charge in [-0.2, -0.15) is 5.06 Å². The van der Waals surface area contributed by atoms with Gasteiger partial charge in [-0.1, -0.05) is 41.5 Å². The quantitative estimate of drug-likeness (QED) is 0.770. The molecule has 0 amide bonds. The van der Waals surface area contributed by atoms with Gasteiger partial charge in [-0.25, -0.2) is 0 Å². The number of hydrogen-bond acceptors (Lipinski definition) is 4. The maximum atomic E-state index is 13.0. The minimum atomic E-state index is -0.249. The van der Waals surface area contributed by atoms with Gasteiger partial charge in [-0.15, -0.1) is 0 Å². The Bertz CT molecular complexity index is 612. The minimum absolute atomic E-state index is 0.00725. The van der Waals surface area contributed by atoms with E-state index >= 15 is 0 Å². The molecule has 0 aromatic rings. The van der Waals surface area contributed by atoms with Gasteiger partial charge < -0.3 is 5.21 Å². The summed E-state index contributed by atoms with van der Waals surface area (Å²) >= 11 is 0. The molecule has 4 rings (SSSR count). The number of carbonyl (C=O) groups excluding carboxylic acids is 2. The van der Waals surface area contributed by atoms with Crippen LogP contribution in [0.2, 0.25) is 0 Å². The van der Waals surface area contributed by atoms with Gasteiger partial charge in [0.2, 0.25) is 0 Å². The van der Waals surface area contributed by atoms with E-state index in [1.165, 1.54) is 5.06 Å². The summed E-state index contributed by atoms with van der Waals surface area (Å²) in [6, 6.07) is 0. The van der Waals surface area contributed by atoms with E-state index in [0.29, 0.717) is 36.5 Å². The molecular formula is C22H35NO3. The van der Waals surface area contributed by atoms with Crippen molar-refractivity contribution in [2.24, 2.45) is 45.3 Å². The Morgan fingerprint density at radius 3 is 1.42 bits per heavy atom. The summed E-state index contributed by atoms with van der Waals surface area (Å²) in [6.45, 7) is 13.9. The lowest BCUT2D eigenvalue weighted by Crippen LogP contribution is -2.42. The third-order valence-corrected chi connectivity index (χ3v) is 10.2. The molecule has 4 saturated carbocycles. The number of carbonyl (C=O) groups is 2. The van der Waals surface area contributed by atoms with Crippen LogP contribution >= 0.6 is 0 Å². The third kappa shape index (κ3) is 1.93. The van der Waals surface area contributed by atoms with Crippen LogP contribution in [0.1, 0.15) is 67.2 Å². The first-order chi connectivity index (χ1) is 11.9. The van der Waals surface area contributed by atoms with E-state index in [9.17, 15) is 14.8 Å². The highest BCUT2D eigenvalue weighted by atomic mass is 16.5. The summed E-state index contributed by atoms with van der Waals surface area (Å²) in [5.74, 6) is 1.16. The molecule has 0 aromatic carbocycles. The van der Waals surface area contributed by atoms with E-state index in [1.54, 1.807) is 0 Å². The summed E-state index contributed by atoms with van der Waals surface area (Å²) in [5.41, 5.74) is -0.484. The predicted molar refractivity (Wildman–Crippen MR) is 99.6 cm³/mol. The van der Waals surface area contributed by atoms with Gasteiger partial charge in [0.1, 0.15) is 11.6 Å². The first-order valence-corrected chi connectivity index (χ1v) is 10.4. The number of fused-ring (bicyclic) bond motifs is 4. The summed E-state index contributed by atoms with van der Waals surface area (Å²) in [7, 11) is 0. The summed E-state index contributed by atoms with van der Waals surface area (Å²) < 4.78 is 0. The number of Topliss-reactive ketones (excluding diaryl/α,β-unsaturated/α-hetero) is 2. The topological polar surface area (TPSA) is 57.6 Å². The van der Waals surface area contributed by atoms with Crippen LogP contribution in [0.25, 0.3) is 0 Å². The fraction of sp³-hybridized carbons (Fsp3) is 0.909. The van der Waals surface area contributed by atoms with E-state index in [1.807, 2.05) is 0 Å². The molecule has 0 aromatic heterocycles. The van der Waals surface area contributed by atoms with Gasteiger partial charge in [-0.05, 0) is 48.3 Å². The molecular weight excluding hydrogens is 326 g/mol. The molecule has 6 atom stereocenters. The van der Waals surface area contributed by atoms with Gasteiger partial charge in [0.25, 0.3) is 0 Å². The Labute approximate surface area is 157 Å². The highest BCUT2D eigenvalue weighted by Gasteiger charge is 2.67. The standard InChI is InChI=1S/C22H35NO3/c1-19(2)15-7-9-21(19,5)17(24)13(15)11-23(26)12-14-16-8-10-22(6,18(14)25)20(16,3)4/h13-16,26H,7-12H2,1-6H3/t13-,14-,15-,16+,21-,22-/m1/s1. The van der Waals surface area contributed by atoms with Crippen molar-refractivity contribution in [1.82, 2.24) is 5.06 Å². The second-order valence-electron chi connectivity index (χ2n) is 11.2. The molecule has 146 valence electrons. The van der Waals surface area contributed by atoms with E-state index in [-0.39, 0.29) is 33.5 Å².